The molecule has 0 saturated heterocycles. The smallest absolute Gasteiger partial charge is 0.310 e. The van der Waals surface area contributed by atoms with Gasteiger partial charge in [0, 0.05) is 18.8 Å². The minimum atomic E-state index is -3.59. The Balaban J connectivity index is 1.87. The number of nitrogens with one attached hydrogen (secondary N) is 1. The van der Waals surface area contributed by atoms with E-state index in [4.69, 9.17) is 4.74 Å². The highest BCUT2D eigenvalue weighted by atomic mass is 32.2. The summed E-state index contributed by atoms with van der Waals surface area (Å²) in [6.07, 6.45) is 0.0868. The molecule has 0 spiro atoms. The molecule has 0 atom stereocenters. The van der Waals surface area contributed by atoms with Crippen LogP contribution in [0.4, 0.5) is 5.69 Å². The van der Waals surface area contributed by atoms with Crippen molar-refractivity contribution in [3.05, 3.63) is 59.7 Å². The van der Waals surface area contributed by atoms with Crippen LogP contribution in [0.2, 0.25) is 0 Å². The number of anilines is 1. The first kappa shape index (κ1) is 22.6. The molecular formula is C21H26N2O5S. The molecule has 0 fully saturated rings. The molecule has 0 bridgehead atoms. The summed E-state index contributed by atoms with van der Waals surface area (Å²) in [6.45, 7) is 5.11. The van der Waals surface area contributed by atoms with E-state index in [1.54, 1.807) is 13.8 Å². The van der Waals surface area contributed by atoms with Gasteiger partial charge in [-0.3, -0.25) is 9.59 Å². The zero-order valence-electron chi connectivity index (χ0n) is 17.0. The maximum absolute atomic E-state index is 12.4. The summed E-state index contributed by atoms with van der Waals surface area (Å²) in [5, 5.41) is 2.57. The SMILES string of the molecule is Cc1ccc(CC(=O)OCC(=O)Nc2ccc(S(=O)(=O)N(C)C(C)C)cc2)cc1. The first-order valence-corrected chi connectivity index (χ1v) is 10.6. The van der Waals surface area contributed by atoms with E-state index in [9.17, 15) is 18.0 Å². The number of hydrogen-bond donors (Lipinski definition) is 1. The van der Waals surface area contributed by atoms with Gasteiger partial charge in [-0.1, -0.05) is 29.8 Å². The fourth-order valence-electron chi connectivity index (χ4n) is 2.42. The highest BCUT2D eigenvalue weighted by Crippen LogP contribution is 2.19. The molecule has 2 aromatic carbocycles. The number of carbonyl (C=O) groups excluding carboxylic acids is 2. The molecule has 0 aliphatic carbocycles. The third kappa shape index (κ3) is 6.40. The summed E-state index contributed by atoms with van der Waals surface area (Å²) in [4.78, 5) is 24.0. The van der Waals surface area contributed by atoms with Crippen molar-refractivity contribution in [1.82, 2.24) is 4.31 Å². The van der Waals surface area contributed by atoms with Crippen molar-refractivity contribution < 1.29 is 22.7 Å². The number of benzene rings is 2. The molecule has 0 radical (unpaired) electrons. The van der Waals surface area contributed by atoms with Gasteiger partial charge in [0.25, 0.3) is 5.91 Å². The van der Waals surface area contributed by atoms with Crippen molar-refractivity contribution in [2.45, 2.75) is 38.1 Å². The number of aryl methyl sites for hydroxylation is 1. The van der Waals surface area contributed by atoms with Crippen LogP contribution in [-0.2, 0) is 30.8 Å². The van der Waals surface area contributed by atoms with Crippen molar-refractivity contribution in [2.24, 2.45) is 0 Å². The van der Waals surface area contributed by atoms with Crippen molar-refractivity contribution in [1.29, 1.82) is 0 Å². The average molecular weight is 419 g/mol. The number of esters is 1. The van der Waals surface area contributed by atoms with Gasteiger partial charge in [-0.05, 0) is 50.6 Å². The Morgan fingerprint density at radius 2 is 1.62 bits per heavy atom. The number of ether oxygens (including phenoxy) is 1. The lowest BCUT2D eigenvalue weighted by Crippen LogP contribution is -2.33. The fourth-order valence-corrected chi connectivity index (χ4v) is 3.79. The second kappa shape index (κ2) is 9.67. The van der Waals surface area contributed by atoms with Gasteiger partial charge in [-0.2, -0.15) is 4.31 Å². The zero-order valence-corrected chi connectivity index (χ0v) is 17.8. The standard InChI is InChI=1S/C21H26N2O5S/c1-15(2)23(4)29(26,27)19-11-9-18(10-12-19)22-20(24)14-28-21(25)13-17-7-5-16(3)6-8-17/h5-12,15H,13-14H2,1-4H3,(H,22,24). The van der Waals surface area contributed by atoms with Crippen LogP contribution >= 0.6 is 0 Å². The van der Waals surface area contributed by atoms with Crippen LogP contribution in [0, 0.1) is 6.92 Å². The molecule has 0 aliphatic rings. The maximum atomic E-state index is 12.4. The minimum absolute atomic E-state index is 0.0868. The van der Waals surface area contributed by atoms with Crippen molar-refractivity contribution in [3.63, 3.8) is 0 Å². The highest BCUT2D eigenvalue weighted by molar-refractivity contribution is 7.89. The molecule has 8 heteroatoms. The lowest BCUT2D eigenvalue weighted by atomic mass is 10.1. The normalized spacial score (nSPS) is 11.5. The third-order valence-electron chi connectivity index (χ3n) is 4.38. The third-order valence-corrected chi connectivity index (χ3v) is 6.42. The van der Waals surface area contributed by atoms with Gasteiger partial charge in [0.1, 0.15) is 0 Å². The zero-order chi connectivity index (χ0) is 21.6. The van der Waals surface area contributed by atoms with E-state index in [-0.39, 0.29) is 17.4 Å². The fraction of sp³-hybridized carbons (Fsp3) is 0.333. The average Bonchev–Trinajstić information content (AvgIpc) is 2.68. The molecule has 2 aromatic rings. The van der Waals surface area contributed by atoms with Gasteiger partial charge in [0.15, 0.2) is 6.61 Å². The molecule has 2 rings (SSSR count). The predicted molar refractivity (Wildman–Crippen MR) is 111 cm³/mol. The minimum Gasteiger partial charge on any atom is -0.455 e. The van der Waals surface area contributed by atoms with E-state index < -0.39 is 28.5 Å². The lowest BCUT2D eigenvalue weighted by molar-refractivity contribution is -0.146. The molecule has 0 aliphatic heterocycles. The number of nitrogens with zero attached hydrogens (tertiary/aromatic N) is 1. The molecule has 0 unspecified atom stereocenters. The number of amides is 1. The molecule has 1 amide bonds. The first-order valence-electron chi connectivity index (χ1n) is 9.18. The van der Waals surface area contributed by atoms with Crippen LogP contribution in [0.25, 0.3) is 0 Å². The molecule has 0 heterocycles. The van der Waals surface area contributed by atoms with Crippen LogP contribution in [-0.4, -0.2) is 44.3 Å². The van der Waals surface area contributed by atoms with Crippen LogP contribution in [0.3, 0.4) is 0 Å². The summed E-state index contributed by atoms with van der Waals surface area (Å²) in [5.41, 5.74) is 2.32. The van der Waals surface area contributed by atoms with Crippen LogP contribution < -0.4 is 5.32 Å². The van der Waals surface area contributed by atoms with E-state index in [0.717, 1.165) is 11.1 Å². The molecule has 7 nitrogen and oxygen atoms in total. The molecule has 0 saturated carbocycles. The molecule has 29 heavy (non-hydrogen) atoms. The number of rotatable bonds is 8. The maximum Gasteiger partial charge on any atom is 0.310 e. The van der Waals surface area contributed by atoms with Crippen molar-refractivity contribution in [3.8, 4) is 0 Å². The Morgan fingerprint density at radius 3 is 2.17 bits per heavy atom. The van der Waals surface area contributed by atoms with Crippen molar-refractivity contribution in [2.75, 3.05) is 19.0 Å². The van der Waals surface area contributed by atoms with Gasteiger partial charge < -0.3 is 10.1 Å². The Morgan fingerprint density at radius 1 is 1.03 bits per heavy atom. The topological polar surface area (TPSA) is 92.8 Å². The largest absolute Gasteiger partial charge is 0.455 e. The Kier molecular flexibility index (Phi) is 7.53. The van der Waals surface area contributed by atoms with E-state index in [1.807, 2.05) is 31.2 Å². The van der Waals surface area contributed by atoms with Gasteiger partial charge >= 0.3 is 5.97 Å². The molecule has 1 N–H and O–H groups in total. The van der Waals surface area contributed by atoms with Crippen LogP contribution in [0.1, 0.15) is 25.0 Å². The van der Waals surface area contributed by atoms with Gasteiger partial charge in [0.2, 0.25) is 10.0 Å². The lowest BCUT2D eigenvalue weighted by Gasteiger charge is -2.21. The van der Waals surface area contributed by atoms with E-state index in [2.05, 4.69) is 5.32 Å². The first-order chi connectivity index (χ1) is 13.6. The Bertz CT molecular complexity index is 952. The summed E-state index contributed by atoms with van der Waals surface area (Å²) < 4.78 is 31.1. The molecule has 0 aromatic heterocycles. The highest BCUT2D eigenvalue weighted by Gasteiger charge is 2.22. The number of hydrogen-bond acceptors (Lipinski definition) is 5. The Hall–Kier alpha value is -2.71. The van der Waals surface area contributed by atoms with Gasteiger partial charge in [0.05, 0.1) is 11.3 Å². The monoisotopic (exact) mass is 418 g/mol. The predicted octanol–water partition coefficient (Wildman–Crippen LogP) is 2.75. The Labute approximate surface area is 171 Å². The van der Waals surface area contributed by atoms with E-state index in [1.165, 1.54) is 35.6 Å². The quantitative estimate of drug-likeness (QED) is 0.666. The number of sulfonamides is 1. The van der Waals surface area contributed by atoms with E-state index >= 15 is 0 Å². The van der Waals surface area contributed by atoms with Gasteiger partial charge in [-0.25, -0.2) is 8.42 Å². The summed E-state index contributed by atoms with van der Waals surface area (Å²) >= 11 is 0. The second-order valence-electron chi connectivity index (χ2n) is 7.01. The molecule has 156 valence electrons. The van der Waals surface area contributed by atoms with E-state index in [0.29, 0.717) is 5.69 Å². The number of carbonyl (C=O) groups is 2. The second-order valence-corrected chi connectivity index (χ2v) is 9.01. The molecular weight excluding hydrogens is 392 g/mol. The van der Waals surface area contributed by atoms with Gasteiger partial charge in [-0.15, -0.1) is 0 Å². The summed E-state index contributed by atoms with van der Waals surface area (Å²) in [7, 11) is -2.07. The summed E-state index contributed by atoms with van der Waals surface area (Å²) in [6, 6.07) is 13.1. The van der Waals surface area contributed by atoms with Crippen LogP contribution in [0.5, 0.6) is 0 Å². The summed E-state index contributed by atoms with van der Waals surface area (Å²) in [5.74, 6) is -1.00. The van der Waals surface area contributed by atoms with Crippen LogP contribution in [0.15, 0.2) is 53.4 Å². The van der Waals surface area contributed by atoms with Crippen molar-refractivity contribution >= 4 is 27.6 Å².